The maximum absolute atomic E-state index is 13.7. The third kappa shape index (κ3) is 4.89. The molecule has 5 rings (SSSR count). The average molecular weight is 561 g/mol. The number of H-pyrrole nitrogens is 1. The fraction of sp³-hybridized carbons (Fsp3) is 0.360. The molecule has 1 saturated carbocycles. The van der Waals surface area contributed by atoms with Gasteiger partial charge in [-0.2, -0.15) is 23.5 Å². The van der Waals surface area contributed by atoms with E-state index in [1.165, 1.54) is 27.9 Å². The summed E-state index contributed by atoms with van der Waals surface area (Å²) in [5.41, 5.74) is -1.92. The first-order valence-corrected chi connectivity index (χ1v) is 13.6. The molecule has 39 heavy (non-hydrogen) atoms. The molecule has 1 saturated heterocycles. The molecule has 10 nitrogen and oxygen atoms in total. The van der Waals surface area contributed by atoms with Crippen molar-refractivity contribution < 1.29 is 26.4 Å². The summed E-state index contributed by atoms with van der Waals surface area (Å²) in [6.07, 6.45) is -2.95. The molecule has 0 spiro atoms. The SMILES string of the molecule is Cc1cc(N2C[C@H](S(=O)(=O)c3ccccc3C(F)(F)F)C[C@H]2C(=O)NC2(C#N)CC2)n(-c2cc[nH]c(=O)c2)n1. The normalized spacial score (nSPS) is 20.4. The van der Waals surface area contributed by atoms with Crippen molar-refractivity contribution in [2.75, 3.05) is 11.4 Å². The van der Waals surface area contributed by atoms with Crippen molar-refractivity contribution in [3.8, 4) is 11.8 Å². The number of aromatic nitrogens is 3. The quantitative estimate of drug-likeness (QED) is 0.472. The molecular formula is C25H23F3N6O4S. The first-order chi connectivity index (χ1) is 18.3. The van der Waals surface area contributed by atoms with Crippen LogP contribution >= 0.6 is 0 Å². The highest BCUT2D eigenvalue weighted by atomic mass is 32.2. The average Bonchev–Trinajstić information content (AvgIpc) is 3.32. The van der Waals surface area contributed by atoms with Crippen LogP contribution in [0, 0.1) is 18.3 Å². The molecular weight excluding hydrogens is 537 g/mol. The highest BCUT2D eigenvalue weighted by molar-refractivity contribution is 7.92. The number of halogens is 3. The minimum Gasteiger partial charge on any atom is -0.343 e. The van der Waals surface area contributed by atoms with Gasteiger partial charge in [-0.25, -0.2) is 13.1 Å². The van der Waals surface area contributed by atoms with Crippen LogP contribution in [0.2, 0.25) is 0 Å². The molecule has 14 heteroatoms. The number of sulfone groups is 1. The van der Waals surface area contributed by atoms with Gasteiger partial charge in [-0.1, -0.05) is 12.1 Å². The number of benzene rings is 1. The van der Waals surface area contributed by atoms with E-state index in [4.69, 9.17) is 0 Å². The smallest absolute Gasteiger partial charge is 0.343 e. The van der Waals surface area contributed by atoms with E-state index in [2.05, 4.69) is 21.5 Å². The Labute approximate surface area is 221 Å². The van der Waals surface area contributed by atoms with Crippen LogP contribution in [-0.4, -0.2) is 52.5 Å². The minimum absolute atomic E-state index is 0.280. The fourth-order valence-corrected chi connectivity index (χ4v) is 6.72. The van der Waals surface area contributed by atoms with Crippen LogP contribution in [-0.2, 0) is 20.8 Å². The highest BCUT2D eigenvalue weighted by Gasteiger charge is 2.50. The number of alkyl halides is 3. The van der Waals surface area contributed by atoms with E-state index in [-0.39, 0.29) is 18.8 Å². The van der Waals surface area contributed by atoms with E-state index in [0.29, 0.717) is 30.3 Å². The summed E-state index contributed by atoms with van der Waals surface area (Å²) in [6.45, 7) is 1.35. The van der Waals surface area contributed by atoms with Gasteiger partial charge in [0.1, 0.15) is 17.4 Å². The van der Waals surface area contributed by atoms with Crippen LogP contribution in [0.5, 0.6) is 0 Å². The lowest BCUT2D eigenvalue weighted by Gasteiger charge is -2.27. The number of nitrogens with zero attached hydrogens (tertiary/aromatic N) is 4. The summed E-state index contributed by atoms with van der Waals surface area (Å²) in [5, 5.41) is 15.2. The first-order valence-electron chi connectivity index (χ1n) is 12.0. The number of nitriles is 1. The predicted octanol–water partition coefficient (Wildman–Crippen LogP) is 2.48. The monoisotopic (exact) mass is 560 g/mol. The van der Waals surface area contributed by atoms with Crippen molar-refractivity contribution in [1.29, 1.82) is 5.26 Å². The molecule has 2 aromatic heterocycles. The number of nitrogens with one attached hydrogen (secondary N) is 2. The summed E-state index contributed by atoms with van der Waals surface area (Å²) in [6, 6.07) is 9.29. The number of rotatable bonds is 6. The van der Waals surface area contributed by atoms with Crippen LogP contribution in [0.1, 0.15) is 30.5 Å². The minimum atomic E-state index is -4.90. The number of aromatic amines is 1. The molecule has 1 amide bonds. The van der Waals surface area contributed by atoms with Gasteiger partial charge in [0, 0.05) is 24.9 Å². The van der Waals surface area contributed by atoms with Crippen molar-refractivity contribution in [1.82, 2.24) is 20.1 Å². The Morgan fingerprint density at radius 3 is 2.59 bits per heavy atom. The zero-order valence-corrected chi connectivity index (χ0v) is 21.4. The third-order valence-corrected chi connectivity index (χ3v) is 9.13. The molecule has 2 fully saturated rings. The summed E-state index contributed by atoms with van der Waals surface area (Å²) in [7, 11) is -4.56. The van der Waals surface area contributed by atoms with Crippen LogP contribution in [0.15, 0.2) is 58.4 Å². The van der Waals surface area contributed by atoms with Crippen molar-refractivity contribution >= 4 is 21.6 Å². The Balaban J connectivity index is 1.58. The Morgan fingerprint density at radius 1 is 1.23 bits per heavy atom. The molecule has 2 N–H and O–H groups in total. The van der Waals surface area contributed by atoms with E-state index >= 15 is 0 Å². The molecule has 0 bridgehead atoms. The molecule has 2 atom stereocenters. The number of carbonyl (C=O) groups is 1. The van der Waals surface area contributed by atoms with Crippen LogP contribution < -0.4 is 15.8 Å². The number of pyridine rings is 1. The van der Waals surface area contributed by atoms with Crippen molar-refractivity contribution in [2.45, 2.75) is 54.1 Å². The zero-order chi connectivity index (χ0) is 28.2. The lowest BCUT2D eigenvalue weighted by Crippen LogP contribution is -2.48. The number of amides is 1. The molecule has 1 aromatic carbocycles. The van der Waals surface area contributed by atoms with Gasteiger partial charge >= 0.3 is 6.18 Å². The van der Waals surface area contributed by atoms with Gasteiger partial charge < -0.3 is 15.2 Å². The Kier molecular flexibility index (Phi) is 6.29. The Morgan fingerprint density at radius 2 is 1.95 bits per heavy atom. The third-order valence-electron chi connectivity index (χ3n) is 6.94. The van der Waals surface area contributed by atoms with Crippen LogP contribution in [0.4, 0.5) is 19.0 Å². The van der Waals surface area contributed by atoms with E-state index in [0.717, 1.165) is 12.1 Å². The number of carbonyl (C=O) groups excluding carboxylic acids is 1. The van der Waals surface area contributed by atoms with E-state index in [1.807, 2.05) is 0 Å². The number of hydrogen-bond donors (Lipinski definition) is 2. The lowest BCUT2D eigenvalue weighted by atomic mass is 10.1. The Bertz CT molecular complexity index is 1650. The topological polar surface area (TPSA) is 141 Å². The summed E-state index contributed by atoms with van der Waals surface area (Å²) in [4.78, 5) is 28.5. The molecule has 1 aliphatic carbocycles. The van der Waals surface area contributed by atoms with E-state index < -0.39 is 54.8 Å². The highest BCUT2D eigenvalue weighted by Crippen LogP contribution is 2.40. The summed E-state index contributed by atoms with van der Waals surface area (Å²) >= 11 is 0. The molecule has 3 heterocycles. The van der Waals surface area contributed by atoms with Crippen molar-refractivity contribution in [3.05, 3.63) is 70.3 Å². The van der Waals surface area contributed by atoms with E-state index in [9.17, 15) is 36.4 Å². The summed E-state index contributed by atoms with van der Waals surface area (Å²) < 4.78 is 69.8. The first kappa shape index (κ1) is 26.5. The van der Waals surface area contributed by atoms with Gasteiger partial charge in [0.05, 0.1) is 33.2 Å². The molecule has 1 aliphatic heterocycles. The molecule has 2 aliphatic rings. The predicted molar refractivity (Wildman–Crippen MR) is 133 cm³/mol. The van der Waals surface area contributed by atoms with E-state index in [1.54, 1.807) is 19.1 Å². The van der Waals surface area contributed by atoms with Crippen molar-refractivity contribution in [3.63, 3.8) is 0 Å². The van der Waals surface area contributed by atoms with Crippen LogP contribution in [0.3, 0.4) is 0 Å². The second-order valence-corrected chi connectivity index (χ2v) is 11.9. The van der Waals surface area contributed by atoms with Crippen molar-refractivity contribution in [2.24, 2.45) is 0 Å². The molecule has 0 radical (unpaired) electrons. The second-order valence-electron chi connectivity index (χ2n) is 9.71. The zero-order valence-electron chi connectivity index (χ0n) is 20.6. The summed E-state index contributed by atoms with van der Waals surface area (Å²) in [5.74, 6) is -0.339. The van der Waals surface area contributed by atoms with Gasteiger partial charge in [-0.05, 0) is 44.4 Å². The largest absolute Gasteiger partial charge is 0.417 e. The van der Waals surface area contributed by atoms with Gasteiger partial charge in [-0.3, -0.25) is 9.59 Å². The second kappa shape index (κ2) is 9.26. The number of aryl methyl sites for hydroxylation is 1. The van der Waals surface area contributed by atoms with Crippen LogP contribution in [0.25, 0.3) is 5.69 Å². The fourth-order valence-electron chi connectivity index (χ4n) is 4.81. The maximum Gasteiger partial charge on any atom is 0.417 e. The maximum atomic E-state index is 13.7. The number of anilines is 1. The standard InChI is InChI=1S/C25H23F3N6O4S/c1-15-10-22(34(32-15)16-6-9-30-21(35)11-16)33-13-17(12-19(33)23(36)31-24(14-29)7-8-24)39(37,38)20-5-3-2-4-18(20)25(26,27)28/h2-6,9-11,17,19H,7-8,12-13H2,1H3,(H,30,35)(H,31,36)/t17-,19+/m1/s1. The molecule has 3 aromatic rings. The van der Waals surface area contributed by atoms with Gasteiger partial charge in [0.2, 0.25) is 11.5 Å². The Hall–Kier alpha value is -4.12. The van der Waals surface area contributed by atoms with Gasteiger partial charge in [-0.15, -0.1) is 0 Å². The lowest BCUT2D eigenvalue weighted by molar-refractivity contribution is -0.139. The molecule has 204 valence electrons. The molecule has 0 unspecified atom stereocenters. The van der Waals surface area contributed by atoms with Gasteiger partial charge in [0.15, 0.2) is 9.84 Å². The van der Waals surface area contributed by atoms with Gasteiger partial charge in [0.25, 0.3) is 0 Å². The number of hydrogen-bond acceptors (Lipinski definition) is 7.